The van der Waals surface area contributed by atoms with Crippen molar-refractivity contribution in [3.05, 3.63) is 102 Å². The third kappa shape index (κ3) is 6.76. The van der Waals surface area contributed by atoms with Crippen LogP contribution in [-0.4, -0.2) is 37.0 Å². The van der Waals surface area contributed by atoms with E-state index in [-0.39, 0.29) is 38.2 Å². The second-order valence-corrected chi connectivity index (χ2v) is 12.0. The van der Waals surface area contributed by atoms with Crippen molar-refractivity contribution in [1.82, 2.24) is 0 Å². The summed E-state index contributed by atoms with van der Waals surface area (Å²) in [6, 6.07) is 19.2. The van der Waals surface area contributed by atoms with Gasteiger partial charge in [0.25, 0.3) is 26.0 Å². The van der Waals surface area contributed by atoms with Gasteiger partial charge in [-0.3, -0.25) is 14.2 Å². The average molecular weight is 600 g/mol. The summed E-state index contributed by atoms with van der Waals surface area (Å²) < 4.78 is 80.9. The molecule has 0 saturated heterocycles. The normalized spacial score (nSPS) is 11.4. The summed E-state index contributed by atoms with van der Waals surface area (Å²) in [6.07, 6.45) is 0. The van der Waals surface area contributed by atoms with Gasteiger partial charge in [0.2, 0.25) is 0 Å². The van der Waals surface area contributed by atoms with Crippen LogP contribution in [0.4, 0.5) is 21.5 Å². The summed E-state index contributed by atoms with van der Waals surface area (Å²) >= 11 is 0. The Morgan fingerprint density at radius 3 is 2.07 bits per heavy atom. The molecule has 0 fully saturated rings. The maximum atomic E-state index is 13.2. The van der Waals surface area contributed by atoms with E-state index in [1.54, 1.807) is 25.1 Å². The minimum Gasteiger partial charge on any atom is -0.495 e. The summed E-state index contributed by atoms with van der Waals surface area (Å²) in [5, 5.41) is 2.59. The SMILES string of the molecule is COc1ccc(S(=O)(=O)Nc2ccccc2OC)cc1NC(=O)c1ccc(C)c(S(=O)(=O)Nc2ccc(F)cc2)c1. The van der Waals surface area contributed by atoms with Crippen LogP contribution in [0.25, 0.3) is 0 Å². The molecule has 0 heterocycles. The van der Waals surface area contributed by atoms with Gasteiger partial charge < -0.3 is 14.8 Å². The van der Waals surface area contributed by atoms with Crippen LogP contribution in [0, 0.1) is 12.7 Å². The zero-order chi connectivity index (χ0) is 29.8. The topological polar surface area (TPSA) is 140 Å². The van der Waals surface area contributed by atoms with Crippen molar-refractivity contribution >= 4 is 43.0 Å². The fourth-order valence-electron chi connectivity index (χ4n) is 3.84. The molecule has 41 heavy (non-hydrogen) atoms. The van der Waals surface area contributed by atoms with Crippen LogP contribution in [0.3, 0.4) is 0 Å². The molecule has 214 valence electrons. The van der Waals surface area contributed by atoms with Crippen LogP contribution in [-0.2, 0) is 20.0 Å². The molecule has 0 radical (unpaired) electrons. The van der Waals surface area contributed by atoms with Crippen LogP contribution in [0.5, 0.6) is 11.5 Å². The van der Waals surface area contributed by atoms with Gasteiger partial charge in [0.1, 0.15) is 17.3 Å². The van der Waals surface area contributed by atoms with E-state index < -0.39 is 31.8 Å². The predicted octanol–water partition coefficient (Wildman–Crippen LogP) is 5.01. The van der Waals surface area contributed by atoms with Gasteiger partial charge in [0, 0.05) is 11.3 Å². The molecule has 4 aromatic rings. The lowest BCUT2D eigenvalue weighted by Crippen LogP contribution is -2.18. The molecule has 0 aliphatic heterocycles. The van der Waals surface area contributed by atoms with Crippen molar-refractivity contribution in [3.63, 3.8) is 0 Å². The Balaban J connectivity index is 1.62. The number of methoxy groups -OCH3 is 2. The number of carbonyl (C=O) groups is 1. The Bertz CT molecular complexity index is 1810. The van der Waals surface area contributed by atoms with Crippen LogP contribution in [0.1, 0.15) is 15.9 Å². The lowest BCUT2D eigenvalue weighted by Gasteiger charge is -2.15. The first-order valence-electron chi connectivity index (χ1n) is 12.0. The van der Waals surface area contributed by atoms with Crippen molar-refractivity contribution in [2.45, 2.75) is 16.7 Å². The number of rotatable bonds is 10. The monoisotopic (exact) mass is 599 g/mol. The standard InChI is InChI=1S/C28H26FN3O7S2/c1-18-8-9-19(16-27(18)41(36,37)31-21-12-10-20(29)11-13-21)28(33)30-24-17-22(14-15-26(24)39-3)40(34,35)32-23-6-4-5-7-25(23)38-2/h4-17,31-32H,1-3H3,(H,30,33). The summed E-state index contributed by atoms with van der Waals surface area (Å²) in [5.41, 5.74) is 0.751. The van der Waals surface area contributed by atoms with E-state index in [9.17, 15) is 26.0 Å². The molecule has 0 aliphatic rings. The van der Waals surface area contributed by atoms with E-state index in [4.69, 9.17) is 9.47 Å². The number of para-hydroxylation sites is 2. The van der Waals surface area contributed by atoms with Gasteiger partial charge in [-0.15, -0.1) is 0 Å². The Hall–Kier alpha value is -4.62. The quantitative estimate of drug-likeness (QED) is 0.233. The summed E-state index contributed by atoms with van der Waals surface area (Å²) in [6.45, 7) is 1.56. The van der Waals surface area contributed by atoms with Crippen LogP contribution in [0.15, 0.2) is 94.7 Å². The van der Waals surface area contributed by atoms with E-state index in [1.165, 1.54) is 68.8 Å². The molecule has 4 aromatic carbocycles. The number of amides is 1. The Morgan fingerprint density at radius 1 is 0.732 bits per heavy atom. The number of sulfonamides is 2. The largest absolute Gasteiger partial charge is 0.495 e. The van der Waals surface area contributed by atoms with E-state index in [1.807, 2.05) is 0 Å². The maximum Gasteiger partial charge on any atom is 0.262 e. The Labute approximate surface area is 237 Å². The zero-order valence-electron chi connectivity index (χ0n) is 22.1. The molecule has 13 heteroatoms. The minimum atomic E-state index is -4.14. The predicted molar refractivity (Wildman–Crippen MR) is 153 cm³/mol. The fraction of sp³-hybridized carbons (Fsp3) is 0.107. The molecule has 0 spiro atoms. The minimum absolute atomic E-state index is 0.0162. The first kappa shape index (κ1) is 29.4. The van der Waals surface area contributed by atoms with Crippen molar-refractivity contribution in [1.29, 1.82) is 0 Å². The summed E-state index contributed by atoms with van der Waals surface area (Å²) in [5.74, 6) is -0.746. The number of carbonyl (C=O) groups excluding carboxylic acids is 1. The summed E-state index contributed by atoms with van der Waals surface area (Å²) in [7, 11) is -5.48. The average Bonchev–Trinajstić information content (AvgIpc) is 2.94. The van der Waals surface area contributed by atoms with Crippen LogP contribution < -0.4 is 24.2 Å². The van der Waals surface area contributed by atoms with Crippen molar-refractivity contribution in [3.8, 4) is 11.5 Å². The third-order valence-corrected chi connectivity index (χ3v) is 8.80. The van der Waals surface area contributed by atoms with Gasteiger partial charge in [0.15, 0.2) is 0 Å². The van der Waals surface area contributed by atoms with E-state index >= 15 is 0 Å². The second-order valence-electron chi connectivity index (χ2n) is 8.71. The Kier molecular flexibility index (Phi) is 8.49. The molecular formula is C28H26FN3O7S2. The number of hydrogen-bond acceptors (Lipinski definition) is 7. The number of halogens is 1. The molecule has 0 bridgehead atoms. The molecule has 10 nitrogen and oxygen atoms in total. The lowest BCUT2D eigenvalue weighted by molar-refractivity contribution is 0.102. The fourth-order valence-corrected chi connectivity index (χ4v) is 6.26. The van der Waals surface area contributed by atoms with E-state index in [0.29, 0.717) is 11.3 Å². The zero-order valence-corrected chi connectivity index (χ0v) is 23.8. The van der Waals surface area contributed by atoms with Crippen molar-refractivity contribution in [2.24, 2.45) is 0 Å². The number of nitrogens with one attached hydrogen (secondary N) is 3. The van der Waals surface area contributed by atoms with Gasteiger partial charge in [-0.2, -0.15) is 0 Å². The number of anilines is 3. The van der Waals surface area contributed by atoms with E-state index in [0.717, 1.165) is 12.1 Å². The number of aryl methyl sites for hydroxylation is 1. The second kappa shape index (κ2) is 11.9. The molecule has 0 atom stereocenters. The van der Waals surface area contributed by atoms with Gasteiger partial charge in [-0.25, -0.2) is 21.2 Å². The first-order valence-corrected chi connectivity index (χ1v) is 14.9. The van der Waals surface area contributed by atoms with Gasteiger partial charge in [-0.05, 0) is 79.2 Å². The highest BCUT2D eigenvalue weighted by molar-refractivity contribution is 7.93. The Morgan fingerprint density at radius 2 is 1.39 bits per heavy atom. The van der Waals surface area contributed by atoms with Crippen LogP contribution >= 0.6 is 0 Å². The van der Waals surface area contributed by atoms with Gasteiger partial charge >= 0.3 is 0 Å². The molecule has 3 N–H and O–H groups in total. The molecular weight excluding hydrogens is 573 g/mol. The molecule has 0 aliphatic carbocycles. The summed E-state index contributed by atoms with van der Waals surface area (Å²) in [4.78, 5) is 12.9. The number of benzene rings is 4. The van der Waals surface area contributed by atoms with Gasteiger partial charge in [-0.1, -0.05) is 18.2 Å². The lowest BCUT2D eigenvalue weighted by atomic mass is 10.1. The third-order valence-electron chi connectivity index (χ3n) is 5.92. The smallest absolute Gasteiger partial charge is 0.262 e. The molecule has 0 unspecified atom stereocenters. The molecule has 0 saturated carbocycles. The van der Waals surface area contributed by atoms with Crippen LogP contribution in [0.2, 0.25) is 0 Å². The van der Waals surface area contributed by atoms with E-state index in [2.05, 4.69) is 14.8 Å². The highest BCUT2D eigenvalue weighted by atomic mass is 32.2. The molecule has 1 amide bonds. The highest BCUT2D eigenvalue weighted by Crippen LogP contribution is 2.31. The number of ether oxygens (including phenoxy) is 2. The van der Waals surface area contributed by atoms with Crippen molar-refractivity contribution < 1.29 is 35.5 Å². The molecule has 4 rings (SSSR count). The highest BCUT2D eigenvalue weighted by Gasteiger charge is 2.22. The number of hydrogen-bond donors (Lipinski definition) is 3. The molecule has 0 aromatic heterocycles. The van der Waals surface area contributed by atoms with Crippen molar-refractivity contribution in [2.75, 3.05) is 29.0 Å². The first-order chi connectivity index (χ1) is 19.4. The maximum absolute atomic E-state index is 13.2. The van der Waals surface area contributed by atoms with Gasteiger partial charge in [0.05, 0.1) is 35.4 Å².